The molecule has 0 spiro atoms. The fourth-order valence-electron chi connectivity index (χ4n) is 4.44. The third-order valence-corrected chi connectivity index (χ3v) is 8.70. The van der Waals surface area contributed by atoms with E-state index < -0.39 is 5.91 Å². The van der Waals surface area contributed by atoms with Crippen LogP contribution in [0.4, 0.5) is 5.00 Å². The van der Waals surface area contributed by atoms with E-state index in [1.165, 1.54) is 34.2 Å². The van der Waals surface area contributed by atoms with Gasteiger partial charge in [0, 0.05) is 11.4 Å². The Kier molecular flexibility index (Phi) is 8.04. The molecule has 1 aromatic carbocycles. The van der Waals surface area contributed by atoms with Gasteiger partial charge in [-0.2, -0.15) is 0 Å². The number of benzene rings is 1. The van der Waals surface area contributed by atoms with E-state index in [1.807, 2.05) is 36.6 Å². The molecular weight excluding hydrogens is 494 g/mol. The van der Waals surface area contributed by atoms with Crippen LogP contribution in [0.2, 0.25) is 0 Å². The van der Waals surface area contributed by atoms with E-state index in [9.17, 15) is 9.59 Å². The molecule has 0 fully saturated rings. The van der Waals surface area contributed by atoms with Crippen LogP contribution in [0.1, 0.15) is 71.0 Å². The Hall–Kier alpha value is -2.85. The van der Waals surface area contributed by atoms with Gasteiger partial charge in [-0.05, 0) is 81.7 Å². The summed E-state index contributed by atoms with van der Waals surface area (Å²) >= 11 is 2.78. The maximum atomic E-state index is 12.8. The minimum atomic E-state index is -0.488. The minimum Gasteiger partial charge on any atom is -0.483 e. The normalized spacial score (nSPS) is 15.9. The molecule has 3 N–H and O–H groups in total. The summed E-state index contributed by atoms with van der Waals surface area (Å²) in [6.07, 6.45) is 2.45. The first-order valence-electron chi connectivity index (χ1n) is 12.2. The van der Waals surface area contributed by atoms with Crippen molar-refractivity contribution in [3.05, 3.63) is 51.2 Å². The monoisotopic (exact) mass is 527 g/mol. The second kappa shape index (κ2) is 11.0. The number of thioether (sulfide) groups is 1. The van der Waals surface area contributed by atoms with E-state index in [2.05, 4.69) is 36.3 Å². The predicted molar refractivity (Wildman–Crippen MR) is 144 cm³/mol. The molecule has 1 aliphatic carbocycles. The number of anilines is 1. The van der Waals surface area contributed by atoms with Crippen molar-refractivity contribution in [1.82, 2.24) is 14.8 Å². The molecule has 2 amide bonds. The molecule has 0 radical (unpaired) electrons. The number of thiophene rings is 1. The van der Waals surface area contributed by atoms with Crippen LogP contribution >= 0.6 is 23.1 Å². The molecule has 0 bridgehead atoms. The third kappa shape index (κ3) is 5.59. The summed E-state index contributed by atoms with van der Waals surface area (Å²) in [6.45, 7) is 10.9. The minimum absolute atomic E-state index is 0.141. The first kappa shape index (κ1) is 26.2. The zero-order chi connectivity index (χ0) is 26.0. The molecule has 2 aromatic heterocycles. The van der Waals surface area contributed by atoms with E-state index >= 15 is 0 Å². The largest absolute Gasteiger partial charge is 0.483 e. The number of nitrogens with one attached hydrogen (secondary N) is 1. The highest BCUT2D eigenvalue weighted by Gasteiger charge is 2.27. The summed E-state index contributed by atoms with van der Waals surface area (Å²) < 4.78 is 8.09. The number of fused-ring (bicyclic) bond motifs is 1. The Morgan fingerprint density at radius 3 is 2.78 bits per heavy atom. The topological polar surface area (TPSA) is 112 Å². The number of amides is 2. The molecule has 2 atom stereocenters. The highest BCUT2D eigenvalue weighted by atomic mass is 32.2. The standard InChI is InChI=1S/C26H33N5O3S2/c1-6-31-24(17(5)34-18-9-8-15(3)16(4)12-18)29-30-26(31)35-13-21(32)28-25-22(23(27)33)19-10-7-14(2)11-20(19)36-25/h8-9,12,14,17H,6-7,10-11,13H2,1-5H3,(H2,27,33)(H,28,32). The van der Waals surface area contributed by atoms with Crippen LogP contribution in [0.25, 0.3) is 0 Å². The van der Waals surface area contributed by atoms with Crippen LogP contribution in [0.5, 0.6) is 5.75 Å². The Morgan fingerprint density at radius 2 is 2.08 bits per heavy atom. The fraction of sp³-hybridized carbons (Fsp3) is 0.462. The van der Waals surface area contributed by atoms with Gasteiger partial charge in [0.15, 0.2) is 17.1 Å². The Bertz CT molecular complexity index is 1280. The van der Waals surface area contributed by atoms with Gasteiger partial charge in [0.1, 0.15) is 10.8 Å². The highest BCUT2D eigenvalue weighted by molar-refractivity contribution is 7.99. The lowest BCUT2D eigenvalue weighted by molar-refractivity contribution is -0.113. The lowest BCUT2D eigenvalue weighted by atomic mass is 9.88. The van der Waals surface area contributed by atoms with E-state index in [-0.39, 0.29) is 17.8 Å². The van der Waals surface area contributed by atoms with Crippen LogP contribution in [-0.2, 0) is 24.2 Å². The average Bonchev–Trinajstić information content (AvgIpc) is 3.40. The lowest BCUT2D eigenvalue weighted by Gasteiger charge is -2.18. The molecule has 8 nitrogen and oxygen atoms in total. The third-order valence-electron chi connectivity index (χ3n) is 6.56. The van der Waals surface area contributed by atoms with Crippen LogP contribution in [0.3, 0.4) is 0 Å². The number of carbonyl (C=O) groups excluding carboxylic acids is 2. The fourth-order valence-corrected chi connectivity index (χ4v) is 6.68. The van der Waals surface area contributed by atoms with E-state index in [1.54, 1.807) is 0 Å². The summed E-state index contributed by atoms with van der Waals surface area (Å²) in [4.78, 5) is 26.1. The maximum Gasteiger partial charge on any atom is 0.251 e. The number of carbonyl (C=O) groups is 2. The number of nitrogens with zero attached hydrogens (tertiary/aromatic N) is 3. The first-order chi connectivity index (χ1) is 17.2. The molecule has 0 aliphatic heterocycles. The number of rotatable bonds is 9. The number of ether oxygens (including phenoxy) is 1. The number of nitrogens with two attached hydrogens (primary N) is 1. The molecule has 2 heterocycles. The van der Waals surface area contributed by atoms with Crippen LogP contribution < -0.4 is 15.8 Å². The van der Waals surface area contributed by atoms with Crippen molar-refractivity contribution in [3.63, 3.8) is 0 Å². The van der Waals surface area contributed by atoms with Gasteiger partial charge in [-0.25, -0.2) is 0 Å². The van der Waals surface area contributed by atoms with Crippen molar-refractivity contribution in [1.29, 1.82) is 0 Å². The van der Waals surface area contributed by atoms with Crippen molar-refractivity contribution in [2.75, 3.05) is 11.1 Å². The van der Waals surface area contributed by atoms with E-state index in [0.717, 1.165) is 35.5 Å². The second-order valence-corrected chi connectivity index (χ2v) is 11.4. The van der Waals surface area contributed by atoms with Gasteiger partial charge in [0.2, 0.25) is 5.91 Å². The molecule has 10 heteroatoms. The van der Waals surface area contributed by atoms with Gasteiger partial charge < -0.3 is 20.4 Å². The number of hydrogen-bond acceptors (Lipinski definition) is 7. The molecule has 192 valence electrons. The summed E-state index contributed by atoms with van der Waals surface area (Å²) in [5.74, 6) is 1.49. The zero-order valence-corrected chi connectivity index (χ0v) is 23.0. The average molecular weight is 528 g/mol. The predicted octanol–water partition coefficient (Wildman–Crippen LogP) is 5.07. The zero-order valence-electron chi connectivity index (χ0n) is 21.4. The first-order valence-corrected chi connectivity index (χ1v) is 14.0. The molecule has 3 aromatic rings. The summed E-state index contributed by atoms with van der Waals surface area (Å²) in [7, 11) is 0. The maximum absolute atomic E-state index is 12.8. The Balaban J connectivity index is 1.42. The van der Waals surface area contributed by atoms with E-state index in [4.69, 9.17) is 10.5 Å². The smallest absolute Gasteiger partial charge is 0.251 e. The molecule has 36 heavy (non-hydrogen) atoms. The van der Waals surface area contributed by atoms with Crippen molar-refractivity contribution >= 4 is 39.9 Å². The number of aromatic nitrogens is 3. The van der Waals surface area contributed by atoms with Crippen molar-refractivity contribution in [3.8, 4) is 5.75 Å². The lowest BCUT2D eigenvalue weighted by Crippen LogP contribution is -2.20. The summed E-state index contributed by atoms with van der Waals surface area (Å²) in [5.41, 5.74) is 9.52. The second-order valence-electron chi connectivity index (χ2n) is 9.35. The molecule has 2 unspecified atom stereocenters. The van der Waals surface area contributed by atoms with Gasteiger partial charge in [0.25, 0.3) is 5.91 Å². The van der Waals surface area contributed by atoms with Gasteiger partial charge in [-0.15, -0.1) is 21.5 Å². The van der Waals surface area contributed by atoms with Gasteiger partial charge in [0.05, 0.1) is 11.3 Å². The Labute approximate surface area is 220 Å². The molecular formula is C26H33N5O3S2. The van der Waals surface area contributed by atoms with Crippen LogP contribution in [0, 0.1) is 19.8 Å². The van der Waals surface area contributed by atoms with Crippen LogP contribution in [0.15, 0.2) is 23.4 Å². The molecule has 0 saturated carbocycles. The van der Waals surface area contributed by atoms with Crippen molar-refractivity contribution in [2.24, 2.45) is 11.7 Å². The Morgan fingerprint density at radius 1 is 1.31 bits per heavy atom. The SMILES string of the molecule is CCn1c(SCC(=O)Nc2sc3c(c2C(N)=O)CCC(C)C3)nnc1C(C)Oc1ccc(C)c(C)c1. The van der Waals surface area contributed by atoms with Crippen molar-refractivity contribution in [2.45, 2.75) is 71.7 Å². The van der Waals surface area contributed by atoms with Gasteiger partial charge in [-0.3, -0.25) is 9.59 Å². The number of aryl methyl sites for hydroxylation is 2. The molecule has 0 saturated heterocycles. The summed E-state index contributed by atoms with van der Waals surface area (Å²) in [5, 5.41) is 12.8. The number of hydrogen-bond donors (Lipinski definition) is 2. The summed E-state index contributed by atoms with van der Waals surface area (Å²) in [6, 6.07) is 6.01. The molecule has 1 aliphatic rings. The van der Waals surface area contributed by atoms with Gasteiger partial charge >= 0.3 is 0 Å². The van der Waals surface area contributed by atoms with Crippen LogP contribution in [-0.4, -0.2) is 32.3 Å². The highest BCUT2D eigenvalue weighted by Crippen LogP contribution is 2.39. The number of primary amides is 1. The molecule has 4 rings (SSSR count). The quantitative estimate of drug-likeness (QED) is 0.376. The van der Waals surface area contributed by atoms with Crippen molar-refractivity contribution < 1.29 is 14.3 Å². The van der Waals surface area contributed by atoms with Gasteiger partial charge in [-0.1, -0.05) is 24.8 Å². The van der Waals surface area contributed by atoms with E-state index in [0.29, 0.717) is 34.0 Å².